The van der Waals surface area contributed by atoms with Gasteiger partial charge in [0.05, 0.1) is 5.69 Å². The molecular formula is C16H16FN3O. The Kier molecular flexibility index (Phi) is 3.56. The number of pyridine rings is 1. The first-order valence-electron chi connectivity index (χ1n) is 6.99. The summed E-state index contributed by atoms with van der Waals surface area (Å²) in [6.45, 7) is 3.29. The number of hydrogen-bond acceptors (Lipinski definition) is 3. The van der Waals surface area contributed by atoms with E-state index in [1.54, 1.807) is 29.3 Å². The minimum atomic E-state index is -0.323. The molecule has 2 aromatic rings. The van der Waals surface area contributed by atoms with Crippen LogP contribution in [0.15, 0.2) is 36.5 Å². The topological polar surface area (TPSA) is 45.2 Å². The Morgan fingerprint density at radius 3 is 3.05 bits per heavy atom. The van der Waals surface area contributed by atoms with Crippen LogP contribution in [-0.4, -0.2) is 24.0 Å². The second-order valence-electron chi connectivity index (χ2n) is 4.94. The predicted molar refractivity (Wildman–Crippen MR) is 80.2 cm³/mol. The molecule has 0 atom stereocenters. The number of carbonyl (C=O) groups excluding carboxylic acids is 1. The van der Waals surface area contributed by atoms with Crippen LogP contribution in [0.1, 0.15) is 22.8 Å². The third-order valence-corrected chi connectivity index (χ3v) is 3.55. The summed E-state index contributed by atoms with van der Waals surface area (Å²) in [4.78, 5) is 18.4. The van der Waals surface area contributed by atoms with E-state index in [4.69, 9.17) is 0 Å². The van der Waals surface area contributed by atoms with Crippen LogP contribution in [0.25, 0.3) is 0 Å². The van der Waals surface area contributed by atoms with Gasteiger partial charge in [0.25, 0.3) is 5.91 Å². The first-order chi connectivity index (χ1) is 10.2. The fourth-order valence-electron chi connectivity index (χ4n) is 2.56. The van der Waals surface area contributed by atoms with Gasteiger partial charge >= 0.3 is 0 Å². The van der Waals surface area contributed by atoms with Crippen LogP contribution in [0.3, 0.4) is 0 Å². The summed E-state index contributed by atoms with van der Waals surface area (Å²) in [6, 6.07) is 8.01. The van der Waals surface area contributed by atoms with E-state index < -0.39 is 0 Å². The summed E-state index contributed by atoms with van der Waals surface area (Å²) in [5.41, 5.74) is 2.23. The maximum Gasteiger partial charge on any atom is 0.258 e. The van der Waals surface area contributed by atoms with Gasteiger partial charge < -0.3 is 10.2 Å². The van der Waals surface area contributed by atoms with Gasteiger partial charge in [-0.1, -0.05) is 6.07 Å². The summed E-state index contributed by atoms with van der Waals surface area (Å²) in [7, 11) is 0. The lowest BCUT2D eigenvalue weighted by Crippen LogP contribution is -2.29. The number of hydrogen-bond donors (Lipinski definition) is 1. The monoisotopic (exact) mass is 285 g/mol. The molecule has 1 aliphatic rings. The van der Waals surface area contributed by atoms with Crippen molar-refractivity contribution in [2.24, 2.45) is 0 Å². The van der Waals surface area contributed by atoms with E-state index in [-0.39, 0.29) is 11.7 Å². The molecular weight excluding hydrogens is 269 g/mol. The van der Waals surface area contributed by atoms with E-state index in [9.17, 15) is 9.18 Å². The third kappa shape index (κ3) is 2.59. The molecule has 1 aromatic carbocycles. The van der Waals surface area contributed by atoms with Crippen molar-refractivity contribution < 1.29 is 9.18 Å². The molecule has 0 saturated heterocycles. The second kappa shape index (κ2) is 5.52. The Balaban J connectivity index is 1.90. The lowest BCUT2D eigenvalue weighted by molar-refractivity contribution is 0.0989. The van der Waals surface area contributed by atoms with Crippen molar-refractivity contribution in [1.29, 1.82) is 0 Å². The first kappa shape index (κ1) is 13.5. The number of rotatable bonds is 3. The summed E-state index contributed by atoms with van der Waals surface area (Å²) in [5.74, 6) is 0.222. The molecule has 0 saturated carbocycles. The number of benzene rings is 1. The van der Waals surface area contributed by atoms with E-state index in [0.29, 0.717) is 23.6 Å². The SMILES string of the molecule is CCNc1cc(C(=O)N2CCc3ccc(F)cc32)ccn1. The molecule has 0 aliphatic carbocycles. The number of nitrogens with one attached hydrogen (secondary N) is 1. The van der Waals surface area contributed by atoms with E-state index in [0.717, 1.165) is 18.5 Å². The van der Waals surface area contributed by atoms with Crippen LogP contribution in [0.2, 0.25) is 0 Å². The van der Waals surface area contributed by atoms with Crippen LogP contribution in [-0.2, 0) is 6.42 Å². The standard InChI is InChI=1S/C16H16FN3O/c1-2-18-15-9-12(5-7-19-15)16(21)20-8-6-11-3-4-13(17)10-14(11)20/h3-5,7,9-10H,2,6,8H2,1H3,(H,18,19). The highest BCUT2D eigenvalue weighted by Gasteiger charge is 2.26. The van der Waals surface area contributed by atoms with Crippen molar-refractivity contribution in [2.75, 3.05) is 23.3 Å². The number of amides is 1. The first-order valence-corrected chi connectivity index (χ1v) is 6.99. The summed E-state index contributed by atoms with van der Waals surface area (Å²) in [5, 5.41) is 3.08. The Morgan fingerprint density at radius 2 is 2.24 bits per heavy atom. The zero-order valence-electron chi connectivity index (χ0n) is 11.8. The Morgan fingerprint density at radius 1 is 1.38 bits per heavy atom. The largest absolute Gasteiger partial charge is 0.370 e. The maximum absolute atomic E-state index is 13.4. The maximum atomic E-state index is 13.4. The Hall–Kier alpha value is -2.43. The third-order valence-electron chi connectivity index (χ3n) is 3.55. The van der Waals surface area contributed by atoms with Gasteiger partial charge in [0.15, 0.2) is 0 Å². The van der Waals surface area contributed by atoms with E-state index in [1.165, 1.54) is 12.1 Å². The molecule has 21 heavy (non-hydrogen) atoms. The molecule has 0 bridgehead atoms. The number of halogens is 1. The van der Waals surface area contributed by atoms with Crippen molar-refractivity contribution in [1.82, 2.24) is 4.98 Å². The number of aromatic nitrogens is 1. The Bertz CT molecular complexity index is 687. The summed E-state index contributed by atoms with van der Waals surface area (Å²) in [6.07, 6.45) is 2.36. The number of carbonyl (C=O) groups is 1. The molecule has 5 heteroatoms. The fraction of sp³-hybridized carbons (Fsp3) is 0.250. The van der Waals surface area contributed by atoms with Crippen molar-refractivity contribution >= 4 is 17.4 Å². The molecule has 2 heterocycles. The quantitative estimate of drug-likeness (QED) is 0.943. The van der Waals surface area contributed by atoms with Gasteiger partial charge in [-0.2, -0.15) is 0 Å². The van der Waals surface area contributed by atoms with Crippen molar-refractivity contribution in [3.8, 4) is 0 Å². The van der Waals surface area contributed by atoms with Crippen molar-refractivity contribution in [2.45, 2.75) is 13.3 Å². The molecule has 0 spiro atoms. The number of fused-ring (bicyclic) bond motifs is 1. The van der Waals surface area contributed by atoms with Gasteiger partial charge in [-0.15, -0.1) is 0 Å². The van der Waals surface area contributed by atoms with Crippen LogP contribution >= 0.6 is 0 Å². The van der Waals surface area contributed by atoms with E-state index in [2.05, 4.69) is 10.3 Å². The highest BCUT2D eigenvalue weighted by molar-refractivity contribution is 6.07. The van der Waals surface area contributed by atoms with Gasteiger partial charge in [-0.25, -0.2) is 9.37 Å². The average Bonchev–Trinajstić information content (AvgIpc) is 2.90. The molecule has 0 unspecified atom stereocenters. The zero-order valence-corrected chi connectivity index (χ0v) is 11.8. The van der Waals surface area contributed by atoms with Gasteiger partial charge in [-0.3, -0.25) is 4.79 Å². The van der Waals surface area contributed by atoms with Crippen LogP contribution in [0.5, 0.6) is 0 Å². The molecule has 108 valence electrons. The molecule has 4 nitrogen and oxygen atoms in total. The van der Waals surface area contributed by atoms with Gasteiger partial charge in [0.2, 0.25) is 0 Å². The minimum Gasteiger partial charge on any atom is -0.370 e. The van der Waals surface area contributed by atoms with Crippen LogP contribution < -0.4 is 10.2 Å². The highest BCUT2D eigenvalue weighted by Crippen LogP contribution is 2.30. The van der Waals surface area contributed by atoms with Gasteiger partial charge in [0, 0.05) is 24.8 Å². The molecule has 1 N–H and O–H groups in total. The minimum absolute atomic E-state index is 0.124. The van der Waals surface area contributed by atoms with Crippen molar-refractivity contribution in [3.05, 3.63) is 53.5 Å². The van der Waals surface area contributed by atoms with Gasteiger partial charge in [-0.05, 0) is 43.2 Å². The van der Waals surface area contributed by atoms with E-state index >= 15 is 0 Å². The summed E-state index contributed by atoms with van der Waals surface area (Å²) < 4.78 is 13.4. The smallest absolute Gasteiger partial charge is 0.258 e. The second-order valence-corrected chi connectivity index (χ2v) is 4.94. The number of nitrogens with zero attached hydrogens (tertiary/aromatic N) is 2. The normalized spacial score (nSPS) is 13.1. The number of anilines is 2. The average molecular weight is 285 g/mol. The molecule has 1 aliphatic heterocycles. The van der Waals surface area contributed by atoms with Crippen molar-refractivity contribution in [3.63, 3.8) is 0 Å². The lowest BCUT2D eigenvalue weighted by atomic mass is 10.1. The highest BCUT2D eigenvalue weighted by atomic mass is 19.1. The molecule has 3 rings (SSSR count). The van der Waals surface area contributed by atoms with Crippen LogP contribution in [0, 0.1) is 5.82 Å². The predicted octanol–water partition coefficient (Wildman–Crippen LogP) is 2.86. The van der Waals surface area contributed by atoms with Gasteiger partial charge in [0.1, 0.15) is 11.6 Å². The molecule has 0 radical (unpaired) electrons. The van der Waals surface area contributed by atoms with Crippen LogP contribution in [0.4, 0.5) is 15.9 Å². The molecule has 1 aromatic heterocycles. The molecule has 1 amide bonds. The lowest BCUT2D eigenvalue weighted by Gasteiger charge is -2.17. The summed E-state index contributed by atoms with van der Waals surface area (Å²) >= 11 is 0. The Labute approximate surface area is 122 Å². The fourth-order valence-corrected chi connectivity index (χ4v) is 2.56. The van der Waals surface area contributed by atoms with E-state index in [1.807, 2.05) is 6.92 Å². The zero-order chi connectivity index (χ0) is 14.8. The molecule has 0 fully saturated rings.